The van der Waals surface area contributed by atoms with Crippen molar-refractivity contribution in [3.63, 3.8) is 0 Å². The number of nitrogens with zero attached hydrogens (tertiary/aromatic N) is 3. The summed E-state index contributed by atoms with van der Waals surface area (Å²) in [4.78, 5) is -0.787. The highest BCUT2D eigenvalue weighted by Gasteiger charge is 2.23. The van der Waals surface area contributed by atoms with Crippen LogP contribution in [0, 0.1) is 11.6 Å². The van der Waals surface area contributed by atoms with Crippen LogP contribution in [0.25, 0.3) is 0 Å². The fourth-order valence-corrected chi connectivity index (χ4v) is 2.75. The first-order chi connectivity index (χ1) is 9.85. The van der Waals surface area contributed by atoms with Gasteiger partial charge in [0.25, 0.3) is 0 Å². The number of rotatable bonds is 5. The molecular weight excluding hydrogens is 304 g/mol. The van der Waals surface area contributed by atoms with Crippen molar-refractivity contribution in [1.29, 1.82) is 0 Å². The molecule has 0 fully saturated rings. The molecule has 2 rings (SSSR count). The van der Waals surface area contributed by atoms with Gasteiger partial charge in [-0.3, -0.25) is 0 Å². The minimum absolute atomic E-state index is 0.108. The first-order valence-electron chi connectivity index (χ1n) is 5.85. The highest BCUT2D eigenvalue weighted by molar-refractivity contribution is 7.89. The Balaban J connectivity index is 2.31. The Morgan fingerprint density at radius 2 is 2.10 bits per heavy atom. The van der Waals surface area contributed by atoms with E-state index < -0.39 is 26.6 Å². The molecule has 1 aromatic carbocycles. The number of hydrogen-bond donors (Lipinski definition) is 2. The molecule has 114 valence electrons. The molecule has 0 aliphatic heterocycles. The summed E-state index contributed by atoms with van der Waals surface area (Å²) in [6, 6.07) is 1.86. The van der Waals surface area contributed by atoms with Crippen molar-refractivity contribution in [3.8, 4) is 0 Å². The Morgan fingerprint density at radius 1 is 1.38 bits per heavy atom. The molecule has 0 radical (unpaired) electrons. The molecule has 0 aliphatic rings. The number of hydrogen-bond acceptors (Lipinski definition) is 5. The molecule has 2 aromatic rings. The minimum atomic E-state index is -4.24. The number of nitrogens with one attached hydrogen (secondary N) is 1. The smallest absolute Gasteiger partial charge is 0.244 e. The largest absolute Gasteiger partial charge is 0.326 e. The van der Waals surface area contributed by atoms with E-state index in [1.165, 1.54) is 10.9 Å². The second-order valence-corrected chi connectivity index (χ2v) is 6.01. The molecule has 0 atom stereocenters. The predicted molar refractivity (Wildman–Crippen MR) is 69.3 cm³/mol. The molecule has 10 heteroatoms. The monoisotopic (exact) mass is 317 g/mol. The maximum atomic E-state index is 13.7. The van der Waals surface area contributed by atoms with Gasteiger partial charge in [-0.25, -0.2) is 21.9 Å². The third-order valence-corrected chi connectivity index (χ3v) is 4.21. The average Bonchev–Trinajstić information content (AvgIpc) is 2.84. The molecular formula is C11H13F2N5O2S. The zero-order chi connectivity index (χ0) is 15.6. The molecule has 7 nitrogen and oxygen atoms in total. The highest BCUT2D eigenvalue weighted by atomic mass is 32.2. The molecule has 0 spiro atoms. The number of halogens is 2. The summed E-state index contributed by atoms with van der Waals surface area (Å²) in [6.45, 7) is -0.310. The first-order valence-corrected chi connectivity index (χ1v) is 7.34. The molecule has 0 saturated heterocycles. The van der Waals surface area contributed by atoms with Crippen molar-refractivity contribution in [3.05, 3.63) is 41.5 Å². The Hall–Kier alpha value is -1.91. The first kappa shape index (κ1) is 15.5. The van der Waals surface area contributed by atoms with Gasteiger partial charge in [-0.2, -0.15) is 0 Å². The molecule has 1 aromatic heterocycles. The van der Waals surface area contributed by atoms with Gasteiger partial charge in [0.05, 0.1) is 6.54 Å². The van der Waals surface area contributed by atoms with Crippen LogP contribution >= 0.6 is 0 Å². The van der Waals surface area contributed by atoms with Gasteiger partial charge in [-0.05, 0) is 17.7 Å². The minimum Gasteiger partial charge on any atom is -0.326 e. The number of sulfonamides is 1. The molecule has 1 heterocycles. The van der Waals surface area contributed by atoms with E-state index in [-0.39, 0.29) is 18.7 Å². The lowest BCUT2D eigenvalue weighted by atomic mass is 10.2. The lowest BCUT2D eigenvalue weighted by Crippen LogP contribution is -2.26. The van der Waals surface area contributed by atoms with E-state index in [0.29, 0.717) is 5.82 Å². The second-order valence-electron chi connectivity index (χ2n) is 4.28. The van der Waals surface area contributed by atoms with Gasteiger partial charge >= 0.3 is 0 Å². The lowest BCUT2D eigenvalue weighted by Gasteiger charge is -2.09. The topological polar surface area (TPSA) is 103 Å². The quantitative estimate of drug-likeness (QED) is 0.810. The fraction of sp³-hybridized carbons (Fsp3) is 0.273. The van der Waals surface area contributed by atoms with Crippen LogP contribution in [-0.2, 0) is 30.2 Å². The normalized spacial score (nSPS) is 11.8. The van der Waals surface area contributed by atoms with Gasteiger partial charge in [-0.1, -0.05) is 0 Å². The summed E-state index contributed by atoms with van der Waals surface area (Å²) in [5.41, 5.74) is 5.50. The van der Waals surface area contributed by atoms with Crippen molar-refractivity contribution >= 4 is 10.0 Å². The van der Waals surface area contributed by atoms with Gasteiger partial charge in [0.1, 0.15) is 17.0 Å². The van der Waals surface area contributed by atoms with Crippen LogP contribution in [0.5, 0.6) is 0 Å². The number of aromatic nitrogens is 3. The fourth-order valence-electron chi connectivity index (χ4n) is 1.64. The summed E-state index contributed by atoms with van der Waals surface area (Å²) in [5.74, 6) is -2.39. The van der Waals surface area contributed by atoms with Crippen molar-refractivity contribution in [1.82, 2.24) is 19.5 Å². The van der Waals surface area contributed by atoms with E-state index in [9.17, 15) is 17.2 Å². The van der Waals surface area contributed by atoms with Crippen LogP contribution in [0.4, 0.5) is 8.78 Å². The van der Waals surface area contributed by atoms with Crippen LogP contribution in [0.3, 0.4) is 0 Å². The van der Waals surface area contributed by atoms with Crippen LogP contribution in [0.15, 0.2) is 23.4 Å². The Kier molecular flexibility index (Phi) is 4.30. The lowest BCUT2D eigenvalue weighted by molar-refractivity contribution is 0.481. The van der Waals surface area contributed by atoms with E-state index in [1.807, 2.05) is 0 Å². The zero-order valence-corrected chi connectivity index (χ0v) is 11.9. The third kappa shape index (κ3) is 3.23. The van der Waals surface area contributed by atoms with E-state index in [0.717, 1.165) is 12.1 Å². The maximum absolute atomic E-state index is 13.7. The summed E-state index contributed by atoms with van der Waals surface area (Å²) >= 11 is 0. The van der Waals surface area contributed by atoms with Crippen LogP contribution in [0.2, 0.25) is 0 Å². The van der Waals surface area contributed by atoms with Crippen LogP contribution in [-0.4, -0.2) is 23.2 Å². The van der Waals surface area contributed by atoms with Crippen molar-refractivity contribution in [2.24, 2.45) is 12.8 Å². The van der Waals surface area contributed by atoms with Gasteiger partial charge < -0.3 is 10.3 Å². The molecule has 3 N–H and O–H groups in total. The predicted octanol–water partition coefficient (Wildman–Crippen LogP) is 0.0305. The average molecular weight is 317 g/mol. The van der Waals surface area contributed by atoms with Crippen molar-refractivity contribution in [2.45, 2.75) is 18.0 Å². The molecule has 0 bridgehead atoms. The van der Waals surface area contributed by atoms with Gasteiger partial charge in [0.2, 0.25) is 10.0 Å². The van der Waals surface area contributed by atoms with Gasteiger partial charge in [0, 0.05) is 13.6 Å². The molecule has 0 unspecified atom stereocenters. The molecule has 21 heavy (non-hydrogen) atoms. The molecule has 0 amide bonds. The summed E-state index contributed by atoms with van der Waals surface area (Å²) < 4.78 is 54.8. The van der Waals surface area contributed by atoms with Gasteiger partial charge in [0.15, 0.2) is 11.6 Å². The van der Waals surface area contributed by atoms with E-state index >= 15 is 0 Å². The van der Waals surface area contributed by atoms with Crippen molar-refractivity contribution in [2.75, 3.05) is 0 Å². The second kappa shape index (κ2) is 5.84. The maximum Gasteiger partial charge on any atom is 0.244 e. The SMILES string of the molecule is Cn1cnnc1CNS(=O)(=O)c1cc(CN)cc(F)c1F. The molecule has 0 saturated carbocycles. The van der Waals surface area contributed by atoms with Crippen molar-refractivity contribution < 1.29 is 17.2 Å². The van der Waals surface area contributed by atoms with Crippen LogP contribution in [0.1, 0.15) is 11.4 Å². The summed E-state index contributed by atoms with van der Waals surface area (Å²) in [6.07, 6.45) is 1.39. The van der Waals surface area contributed by atoms with E-state index in [1.54, 1.807) is 7.05 Å². The zero-order valence-electron chi connectivity index (χ0n) is 11.0. The standard InChI is InChI=1S/C11H13F2N5O2S/c1-18-6-15-17-10(18)5-16-21(19,20)9-3-7(4-14)2-8(12)11(9)13/h2-3,6,16H,4-5,14H2,1H3. The van der Waals surface area contributed by atoms with Crippen LogP contribution < -0.4 is 10.5 Å². The highest BCUT2D eigenvalue weighted by Crippen LogP contribution is 2.19. The Bertz CT molecular complexity index is 760. The number of nitrogens with two attached hydrogens (primary N) is 1. The summed E-state index contributed by atoms with van der Waals surface area (Å²) in [7, 11) is -2.62. The van der Waals surface area contributed by atoms with E-state index in [4.69, 9.17) is 5.73 Å². The van der Waals surface area contributed by atoms with Gasteiger partial charge in [-0.15, -0.1) is 10.2 Å². The Labute approximate surface area is 119 Å². The summed E-state index contributed by atoms with van der Waals surface area (Å²) in [5, 5.41) is 7.27. The number of benzene rings is 1. The third-order valence-electron chi connectivity index (χ3n) is 2.81. The van der Waals surface area contributed by atoms with E-state index in [2.05, 4.69) is 14.9 Å². The molecule has 0 aliphatic carbocycles. The Morgan fingerprint density at radius 3 is 2.67 bits per heavy atom. The number of aryl methyl sites for hydroxylation is 1.